The predicted octanol–water partition coefficient (Wildman–Crippen LogP) is 2.99. The van der Waals surface area contributed by atoms with E-state index in [9.17, 15) is 4.79 Å². The van der Waals surface area contributed by atoms with Gasteiger partial charge >= 0.3 is 0 Å². The van der Waals surface area contributed by atoms with Gasteiger partial charge in [-0.15, -0.1) is 11.6 Å². The SMILES string of the molecule is CC(=O)C(C)(C)C(C)(Cl)CBr. The summed E-state index contributed by atoms with van der Waals surface area (Å²) < 4.78 is 0. The van der Waals surface area contributed by atoms with Crippen molar-refractivity contribution in [3.8, 4) is 0 Å². The Hall–Kier alpha value is 0.440. The van der Waals surface area contributed by atoms with Gasteiger partial charge in [0.25, 0.3) is 0 Å². The first-order valence-corrected chi connectivity index (χ1v) is 5.01. The fourth-order valence-corrected chi connectivity index (χ4v) is 1.37. The van der Waals surface area contributed by atoms with Crippen LogP contribution in [0, 0.1) is 5.41 Å². The van der Waals surface area contributed by atoms with E-state index in [1.165, 1.54) is 0 Å². The molecule has 0 aromatic heterocycles. The maximum Gasteiger partial charge on any atom is 0.137 e. The zero-order chi connectivity index (χ0) is 9.28. The molecule has 11 heavy (non-hydrogen) atoms. The lowest BCUT2D eigenvalue weighted by atomic mass is 9.77. The lowest BCUT2D eigenvalue weighted by Gasteiger charge is -2.35. The second-order valence-corrected chi connectivity index (χ2v) is 4.91. The van der Waals surface area contributed by atoms with Gasteiger partial charge in [0.05, 0.1) is 4.87 Å². The minimum absolute atomic E-state index is 0.120. The van der Waals surface area contributed by atoms with Gasteiger partial charge in [-0.25, -0.2) is 0 Å². The minimum atomic E-state index is -0.501. The Labute approximate surface area is 81.6 Å². The van der Waals surface area contributed by atoms with Crippen LogP contribution in [0.4, 0.5) is 0 Å². The van der Waals surface area contributed by atoms with Gasteiger partial charge in [0, 0.05) is 10.7 Å². The van der Waals surface area contributed by atoms with Gasteiger partial charge in [-0.2, -0.15) is 0 Å². The van der Waals surface area contributed by atoms with Crippen LogP contribution in [-0.2, 0) is 4.79 Å². The molecule has 0 aromatic carbocycles. The molecule has 0 fully saturated rings. The first-order chi connectivity index (χ1) is 4.75. The van der Waals surface area contributed by atoms with Crippen molar-refractivity contribution >= 4 is 33.3 Å². The molecule has 0 bridgehead atoms. The summed E-state index contributed by atoms with van der Waals surface area (Å²) in [6.07, 6.45) is 0. The molecule has 1 unspecified atom stereocenters. The Morgan fingerprint density at radius 2 is 1.82 bits per heavy atom. The topological polar surface area (TPSA) is 17.1 Å². The van der Waals surface area contributed by atoms with Crippen LogP contribution < -0.4 is 0 Å². The van der Waals surface area contributed by atoms with E-state index >= 15 is 0 Å². The Kier molecular flexibility index (Phi) is 3.58. The zero-order valence-electron chi connectivity index (χ0n) is 7.37. The molecule has 0 aliphatic carbocycles. The second kappa shape index (κ2) is 3.44. The summed E-state index contributed by atoms with van der Waals surface area (Å²) >= 11 is 9.43. The normalized spacial score (nSPS) is 17.6. The molecule has 0 saturated carbocycles. The monoisotopic (exact) mass is 240 g/mol. The van der Waals surface area contributed by atoms with Gasteiger partial charge in [0.15, 0.2) is 0 Å². The fourth-order valence-electron chi connectivity index (χ4n) is 0.534. The number of carbonyl (C=O) groups is 1. The average molecular weight is 242 g/mol. The van der Waals surface area contributed by atoms with Gasteiger partial charge in [0.2, 0.25) is 0 Å². The highest BCUT2D eigenvalue weighted by Gasteiger charge is 2.42. The smallest absolute Gasteiger partial charge is 0.137 e. The standard InChI is InChI=1S/C8H14BrClO/c1-6(11)7(2,3)8(4,10)5-9/h5H2,1-4H3. The highest BCUT2D eigenvalue weighted by molar-refractivity contribution is 9.09. The Balaban J connectivity index is 4.67. The maximum absolute atomic E-state index is 11.2. The van der Waals surface area contributed by atoms with Gasteiger partial charge in [-0.1, -0.05) is 29.8 Å². The molecule has 1 atom stereocenters. The van der Waals surface area contributed by atoms with Gasteiger partial charge in [-0.3, -0.25) is 4.79 Å². The van der Waals surface area contributed by atoms with Crippen molar-refractivity contribution in [3.05, 3.63) is 0 Å². The number of hydrogen-bond acceptors (Lipinski definition) is 1. The number of alkyl halides is 2. The summed E-state index contributed by atoms with van der Waals surface area (Å²) in [4.78, 5) is 10.7. The lowest BCUT2D eigenvalue weighted by molar-refractivity contribution is -0.126. The third kappa shape index (κ3) is 2.19. The second-order valence-electron chi connectivity index (χ2n) is 3.51. The highest BCUT2D eigenvalue weighted by Crippen LogP contribution is 2.38. The Bertz CT molecular complexity index is 163. The molecule has 0 spiro atoms. The van der Waals surface area contributed by atoms with Crippen LogP contribution in [-0.4, -0.2) is 16.0 Å². The van der Waals surface area contributed by atoms with E-state index in [1.54, 1.807) is 6.92 Å². The largest absolute Gasteiger partial charge is 0.299 e. The molecule has 0 radical (unpaired) electrons. The van der Waals surface area contributed by atoms with Crippen LogP contribution in [0.5, 0.6) is 0 Å². The van der Waals surface area contributed by atoms with Crippen LogP contribution >= 0.6 is 27.5 Å². The van der Waals surface area contributed by atoms with E-state index in [-0.39, 0.29) is 5.78 Å². The highest BCUT2D eigenvalue weighted by atomic mass is 79.9. The summed E-state index contributed by atoms with van der Waals surface area (Å²) in [5.74, 6) is 0.120. The van der Waals surface area contributed by atoms with Crippen molar-refractivity contribution in [2.24, 2.45) is 5.41 Å². The first-order valence-electron chi connectivity index (χ1n) is 3.51. The molecular weight excluding hydrogens is 227 g/mol. The quantitative estimate of drug-likeness (QED) is 0.694. The molecule has 1 nitrogen and oxygen atoms in total. The van der Waals surface area contributed by atoms with Crippen molar-refractivity contribution in [3.63, 3.8) is 0 Å². The lowest BCUT2D eigenvalue weighted by Crippen LogP contribution is -2.43. The third-order valence-electron chi connectivity index (χ3n) is 2.43. The number of carbonyl (C=O) groups excluding carboxylic acids is 1. The summed E-state index contributed by atoms with van der Waals surface area (Å²) in [5, 5.41) is 0.619. The van der Waals surface area contributed by atoms with E-state index in [4.69, 9.17) is 11.6 Å². The van der Waals surface area contributed by atoms with E-state index < -0.39 is 10.3 Å². The van der Waals surface area contributed by atoms with Crippen molar-refractivity contribution in [1.29, 1.82) is 0 Å². The van der Waals surface area contributed by atoms with Crippen LogP contribution in [0.2, 0.25) is 0 Å². The van der Waals surface area contributed by atoms with E-state index in [2.05, 4.69) is 15.9 Å². The predicted molar refractivity (Wildman–Crippen MR) is 52.5 cm³/mol. The maximum atomic E-state index is 11.2. The number of hydrogen-bond donors (Lipinski definition) is 0. The zero-order valence-corrected chi connectivity index (χ0v) is 9.71. The van der Waals surface area contributed by atoms with Crippen LogP contribution in [0.15, 0.2) is 0 Å². The summed E-state index contributed by atoms with van der Waals surface area (Å²) in [6.45, 7) is 7.17. The van der Waals surface area contributed by atoms with E-state index in [0.717, 1.165) is 0 Å². The van der Waals surface area contributed by atoms with Gasteiger partial charge < -0.3 is 0 Å². The van der Waals surface area contributed by atoms with Crippen LogP contribution in [0.25, 0.3) is 0 Å². The number of halogens is 2. The van der Waals surface area contributed by atoms with Gasteiger partial charge in [0.1, 0.15) is 5.78 Å². The fraction of sp³-hybridized carbons (Fsp3) is 0.875. The van der Waals surface area contributed by atoms with Gasteiger partial charge in [-0.05, 0) is 13.8 Å². The Morgan fingerprint density at radius 3 is 1.91 bits per heavy atom. The van der Waals surface area contributed by atoms with Crippen molar-refractivity contribution < 1.29 is 4.79 Å². The number of rotatable bonds is 3. The van der Waals surface area contributed by atoms with Crippen LogP contribution in [0.3, 0.4) is 0 Å². The van der Waals surface area contributed by atoms with E-state index in [1.807, 2.05) is 20.8 Å². The molecule has 0 aliphatic heterocycles. The molecule has 66 valence electrons. The van der Waals surface area contributed by atoms with E-state index in [0.29, 0.717) is 5.33 Å². The third-order valence-corrected chi connectivity index (χ3v) is 4.48. The minimum Gasteiger partial charge on any atom is -0.299 e. The van der Waals surface area contributed by atoms with Crippen LogP contribution in [0.1, 0.15) is 27.7 Å². The average Bonchev–Trinajstić information content (AvgIpc) is 1.87. The molecule has 0 N–H and O–H groups in total. The molecule has 0 aliphatic rings. The van der Waals surface area contributed by atoms with Crippen molar-refractivity contribution in [2.45, 2.75) is 32.6 Å². The number of ketones is 1. The molecule has 3 heteroatoms. The molecule has 0 aromatic rings. The summed E-state index contributed by atoms with van der Waals surface area (Å²) in [5.41, 5.74) is -0.474. The first kappa shape index (κ1) is 11.4. The molecule has 0 rings (SSSR count). The number of Topliss-reactive ketones (excluding diaryl/α,β-unsaturated/α-hetero) is 1. The molecule has 0 amide bonds. The molecule has 0 heterocycles. The van der Waals surface area contributed by atoms with Crippen molar-refractivity contribution in [2.75, 3.05) is 5.33 Å². The summed E-state index contributed by atoms with van der Waals surface area (Å²) in [7, 11) is 0. The Morgan fingerprint density at radius 1 is 1.45 bits per heavy atom. The molecular formula is C8H14BrClO. The summed E-state index contributed by atoms with van der Waals surface area (Å²) in [6, 6.07) is 0. The van der Waals surface area contributed by atoms with Crippen molar-refractivity contribution in [1.82, 2.24) is 0 Å². The molecule has 0 saturated heterocycles.